The van der Waals surface area contributed by atoms with Gasteiger partial charge in [0.15, 0.2) is 11.6 Å². The fourth-order valence-electron chi connectivity index (χ4n) is 1.77. The maximum atomic E-state index is 13.6. The molecule has 0 fully saturated rings. The van der Waals surface area contributed by atoms with Gasteiger partial charge in [0.05, 0.1) is 13.2 Å². The zero-order valence-corrected chi connectivity index (χ0v) is 11.8. The van der Waals surface area contributed by atoms with E-state index in [9.17, 15) is 4.39 Å². The third-order valence-corrected chi connectivity index (χ3v) is 2.91. The highest BCUT2D eigenvalue weighted by Crippen LogP contribution is 2.25. The van der Waals surface area contributed by atoms with Crippen molar-refractivity contribution in [2.75, 3.05) is 13.7 Å². The van der Waals surface area contributed by atoms with E-state index in [4.69, 9.17) is 9.15 Å². The van der Waals surface area contributed by atoms with Crippen molar-refractivity contribution in [1.29, 1.82) is 0 Å². The number of ether oxygens (including phenoxy) is 1. The fourth-order valence-corrected chi connectivity index (χ4v) is 1.77. The van der Waals surface area contributed by atoms with Gasteiger partial charge in [-0.1, -0.05) is 6.92 Å². The largest absolute Gasteiger partial charge is 0.494 e. The van der Waals surface area contributed by atoms with Crippen LogP contribution >= 0.6 is 0 Å². The highest BCUT2D eigenvalue weighted by molar-refractivity contribution is 5.54. The zero-order chi connectivity index (χ0) is 14.5. The first-order valence-corrected chi connectivity index (χ1v) is 6.56. The van der Waals surface area contributed by atoms with Gasteiger partial charge in [-0.15, -0.1) is 10.2 Å². The highest BCUT2D eigenvalue weighted by Gasteiger charge is 2.15. The van der Waals surface area contributed by atoms with Gasteiger partial charge in [-0.2, -0.15) is 0 Å². The van der Waals surface area contributed by atoms with Crippen LogP contribution in [0.1, 0.15) is 32.2 Å². The van der Waals surface area contributed by atoms with Gasteiger partial charge in [0.25, 0.3) is 0 Å². The quantitative estimate of drug-likeness (QED) is 0.881. The van der Waals surface area contributed by atoms with E-state index in [0.717, 1.165) is 13.0 Å². The predicted octanol–water partition coefficient (Wildman–Crippen LogP) is 2.94. The number of hydrogen-bond acceptors (Lipinski definition) is 5. The summed E-state index contributed by atoms with van der Waals surface area (Å²) in [6, 6.07) is 4.51. The maximum absolute atomic E-state index is 13.6. The van der Waals surface area contributed by atoms with Crippen LogP contribution < -0.4 is 10.1 Å². The van der Waals surface area contributed by atoms with E-state index in [1.165, 1.54) is 19.2 Å². The SMILES string of the molecule is CCCNC(C)c1nnc(-c2ccc(OC)c(F)c2)o1. The summed E-state index contributed by atoms with van der Waals surface area (Å²) in [6.45, 7) is 4.90. The molecule has 0 aliphatic heterocycles. The number of benzene rings is 1. The van der Waals surface area contributed by atoms with Crippen LogP contribution in [0.4, 0.5) is 4.39 Å². The molecule has 0 saturated carbocycles. The maximum Gasteiger partial charge on any atom is 0.247 e. The molecule has 0 aliphatic rings. The number of nitrogens with zero attached hydrogens (tertiary/aromatic N) is 2. The molecule has 0 spiro atoms. The Morgan fingerprint density at radius 3 is 2.85 bits per heavy atom. The minimum Gasteiger partial charge on any atom is -0.494 e. The molecule has 1 N–H and O–H groups in total. The Bertz CT molecular complexity index is 571. The van der Waals surface area contributed by atoms with Crippen LogP contribution in [0.25, 0.3) is 11.5 Å². The second-order valence-electron chi connectivity index (χ2n) is 4.47. The first-order chi connectivity index (χ1) is 9.65. The third kappa shape index (κ3) is 3.14. The molecular formula is C14H18FN3O2. The normalized spacial score (nSPS) is 12.4. The molecule has 0 saturated heterocycles. The van der Waals surface area contributed by atoms with E-state index in [1.54, 1.807) is 6.07 Å². The molecule has 20 heavy (non-hydrogen) atoms. The summed E-state index contributed by atoms with van der Waals surface area (Å²) in [7, 11) is 1.42. The number of nitrogens with one attached hydrogen (secondary N) is 1. The van der Waals surface area contributed by atoms with Crippen LogP contribution in [0, 0.1) is 5.82 Å². The van der Waals surface area contributed by atoms with Gasteiger partial charge < -0.3 is 14.5 Å². The molecule has 1 unspecified atom stereocenters. The Balaban J connectivity index is 2.18. The van der Waals surface area contributed by atoms with E-state index in [0.29, 0.717) is 17.3 Å². The summed E-state index contributed by atoms with van der Waals surface area (Å²) < 4.78 is 24.1. The van der Waals surface area contributed by atoms with E-state index in [2.05, 4.69) is 22.4 Å². The average molecular weight is 279 g/mol. The number of rotatable bonds is 6. The first-order valence-electron chi connectivity index (χ1n) is 6.56. The van der Waals surface area contributed by atoms with Crippen LogP contribution in [-0.2, 0) is 0 Å². The molecule has 0 amide bonds. The number of hydrogen-bond donors (Lipinski definition) is 1. The Morgan fingerprint density at radius 2 is 2.20 bits per heavy atom. The van der Waals surface area contributed by atoms with Crippen LogP contribution in [0.15, 0.2) is 22.6 Å². The van der Waals surface area contributed by atoms with Crippen molar-refractivity contribution < 1.29 is 13.5 Å². The number of aromatic nitrogens is 2. The standard InChI is InChI=1S/C14H18FN3O2/c1-4-7-16-9(2)13-17-18-14(20-13)10-5-6-12(19-3)11(15)8-10/h5-6,8-9,16H,4,7H2,1-3H3. The molecule has 0 bridgehead atoms. The first kappa shape index (κ1) is 14.5. The Labute approximate surface area is 117 Å². The van der Waals surface area contributed by atoms with Crippen LogP contribution in [0.2, 0.25) is 0 Å². The van der Waals surface area contributed by atoms with Gasteiger partial charge in [-0.25, -0.2) is 4.39 Å². The summed E-state index contributed by atoms with van der Waals surface area (Å²) in [5.74, 6) is 0.518. The zero-order valence-electron chi connectivity index (χ0n) is 11.8. The lowest BCUT2D eigenvalue weighted by molar-refractivity contribution is 0.386. The predicted molar refractivity (Wildman–Crippen MR) is 73.0 cm³/mol. The summed E-state index contributed by atoms with van der Waals surface area (Å²) in [5.41, 5.74) is 0.532. The molecule has 2 rings (SSSR count). The van der Waals surface area contributed by atoms with Crippen LogP contribution in [0.5, 0.6) is 5.75 Å². The smallest absolute Gasteiger partial charge is 0.247 e. The van der Waals surface area contributed by atoms with Crippen molar-refractivity contribution in [3.8, 4) is 17.2 Å². The molecule has 1 aromatic heterocycles. The van der Waals surface area contributed by atoms with Crippen molar-refractivity contribution in [3.63, 3.8) is 0 Å². The Hall–Kier alpha value is -1.95. The molecule has 2 aromatic rings. The van der Waals surface area contributed by atoms with E-state index < -0.39 is 5.82 Å². The minimum absolute atomic E-state index is 0.0284. The molecule has 6 heteroatoms. The Kier molecular flexibility index (Phi) is 4.68. The molecule has 1 aromatic carbocycles. The molecule has 0 radical (unpaired) electrons. The second-order valence-corrected chi connectivity index (χ2v) is 4.47. The van der Waals surface area contributed by atoms with Crippen molar-refractivity contribution in [2.24, 2.45) is 0 Å². The van der Waals surface area contributed by atoms with Gasteiger partial charge in [-0.3, -0.25) is 0 Å². The van der Waals surface area contributed by atoms with Crippen LogP contribution in [-0.4, -0.2) is 23.9 Å². The molecule has 0 aliphatic carbocycles. The second kappa shape index (κ2) is 6.47. The van der Waals surface area contributed by atoms with Gasteiger partial charge in [0.1, 0.15) is 0 Å². The van der Waals surface area contributed by atoms with Crippen LogP contribution in [0.3, 0.4) is 0 Å². The molecule has 1 heterocycles. The summed E-state index contributed by atoms with van der Waals surface area (Å²) in [5, 5.41) is 11.2. The van der Waals surface area contributed by atoms with Gasteiger partial charge in [-0.05, 0) is 38.1 Å². The Morgan fingerprint density at radius 1 is 1.40 bits per heavy atom. The molecule has 5 nitrogen and oxygen atoms in total. The summed E-state index contributed by atoms with van der Waals surface area (Å²) in [4.78, 5) is 0. The summed E-state index contributed by atoms with van der Waals surface area (Å²) in [6.07, 6.45) is 1.02. The molecular weight excluding hydrogens is 261 g/mol. The number of halogens is 1. The third-order valence-electron chi connectivity index (χ3n) is 2.91. The van der Waals surface area contributed by atoms with Crippen molar-refractivity contribution in [3.05, 3.63) is 29.9 Å². The lowest BCUT2D eigenvalue weighted by Crippen LogP contribution is -2.19. The van der Waals surface area contributed by atoms with E-state index in [-0.39, 0.29) is 11.8 Å². The topological polar surface area (TPSA) is 60.2 Å². The molecule has 1 atom stereocenters. The van der Waals surface area contributed by atoms with Gasteiger partial charge in [0.2, 0.25) is 11.8 Å². The highest BCUT2D eigenvalue weighted by atomic mass is 19.1. The van der Waals surface area contributed by atoms with Crippen molar-refractivity contribution >= 4 is 0 Å². The van der Waals surface area contributed by atoms with Gasteiger partial charge in [0, 0.05) is 5.56 Å². The van der Waals surface area contributed by atoms with E-state index in [1.807, 2.05) is 6.92 Å². The van der Waals surface area contributed by atoms with Gasteiger partial charge >= 0.3 is 0 Å². The van der Waals surface area contributed by atoms with Crippen molar-refractivity contribution in [2.45, 2.75) is 26.3 Å². The van der Waals surface area contributed by atoms with Crippen molar-refractivity contribution in [1.82, 2.24) is 15.5 Å². The minimum atomic E-state index is -0.457. The van der Waals surface area contributed by atoms with E-state index >= 15 is 0 Å². The average Bonchev–Trinajstić information content (AvgIpc) is 2.94. The lowest BCUT2D eigenvalue weighted by Gasteiger charge is -2.07. The lowest BCUT2D eigenvalue weighted by atomic mass is 10.2. The monoisotopic (exact) mass is 279 g/mol. The fraction of sp³-hybridized carbons (Fsp3) is 0.429. The number of methoxy groups -OCH3 is 1. The molecule has 108 valence electrons. The summed E-state index contributed by atoms with van der Waals surface area (Å²) >= 11 is 0.